The second-order valence-corrected chi connectivity index (χ2v) is 4.97. The topological polar surface area (TPSA) is 32.5 Å². The van der Waals surface area contributed by atoms with Gasteiger partial charge < -0.3 is 5.73 Å². The van der Waals surface area contributed by atoms with Gasteiger partial charge in [-0.1, -0.05) is 6.92 Å². The summed E-state index contributed by atoms with van der Waals surface area (Å²) >= 11 is 0. The molecule has 0 saturated carbocycles. The molecule has 2 aliphatic heterocycles. The van der Waals surface area contributed by atoms with Gasteiger partial charge in [-0.3, -0.25) is 9.80 Å². The molecule has 0 aliphatic carbocycles. The first kappa shape index (κ1) is 11.4. The summed E-state index contributed by atoms with van der Waals surface area (Å²) in [5.74, 6) is 0. The first-order valence-electron chi connectivity index (χ1n) is 6.53. The highest BCUT2D eigenvalue weighted by molar-refractivity contribution is 4.89. The molecule has 0 aromatic rings. The zero-order chi connectivity index (χ0) is 10.7. The Morgan fingerprint density at radius 2 is 2.20 bits per heavy atom. The highest BCUT2D eigenvalue weighted by Gasteiger charge is 2.32. The first-order valence-corrected chi connectivity index (χ1v) is 6.53. The Bertz CT molecular complexity index is 195. The minimum absolute atomic E-state index is 0.734. The van der Waals surface area contributed by atoms with Gasteiger partial charge >= 0.3 is 0 Å². The Hall–Kier alpha value is -0.120. The number of nitrogens with zero attached hydrogens (tertiary/aromatic N) is 2. The molecule has 0 aromatic heterocycles. The maximum atomic E-state index is 5.68. The maximum absolute atomic E-state index is 5.68. The van der Waals surface area contributed by atoms with Gasteiger partial charge in [-0.2, -0.15) is 0 Å². The molecular weight excluding hydrogens is 186 g/mol. The number of nitrogens with two attached hydrogens (primary N) is 1. The first-order chi connectivity index (χ1) is 7.35. The molecule has 3 nitrogen and oxygen atoms in total. The summed E-state index contributed by atoms with van der Waals surface area (Å²) in [5.41, 5.74) is 5.68. The van der Waals surface area contributed by atoms with Crippen molar-refractivity contribution >= 4 is 0 Å². The lowest BCUT2D eigenvalue weighted by Gasteiger charge is -2.41. The molecule has 2 N–H and O–H groups in total. The van der Waals surface area contributed by atoms with Crippen molar-refractivity contribution in [2.45, 2.75) is 44.7 Å². The van der Waals surface area contributed by atoms with Crippen molar-refractivity contribution in [3.63, 3.8) is 0 Å². The maximum Gasteiger partial charge on any atom is 0.0224 e. The Kier molecular flexibility index (Phi) is 4.00. The Morgan fingerprint density at radius 3 is 2.93 bits per heavy atom. The van der Waals surface area contributed by atoms with Gasteiger partial charge in [-0.05, 0) is 38.8 Å². The van der Waals surface area contributed by atoms with E-state index in [1.54, 1.807) is 0 Å². The summed E-state index contributed by atoms with van der Waals surface area (Å²) in [6.45, 7) is 8.30. The van der Waals surface area contributed by atoms with E-state index in [9.17, 15) is 0 Å². The van der Waals surface area contributed by atoms with Crippen LogP contribution in [0.15, 0.2) is 0 Å². The number of hydrogen-bond donors (Lipinski definition) is 1. The van der Waals surface area contributed by atoms with Crippen molar-refractivity contribution in [3.8, 4) is 0 Å². The third-order valence-corrected chi connectivity index (χ3v) is 4.11. The summed E-state index contributed by atoms with van der Waals surface area (Å²) in [5, 5.41) is 0. The zero-order valence-electron chi connectivity index (χ0n) is 9.99. The summed E-state index contributed by atoms with van der Waals surface area (Å²) in [6, 6.07) is 1.59. The molecule has 0 aromatic carbocycles. The van der Waals surface area contributed by atoms with E-state index >= 15 is 0 Å². The molecule has 0 radical (unpaired) electrons. The van der Waals surface area contributed by atoms with Crippen LogP contribution < -0.4 is 5.73 Å². The van der Waals surface area contributed by atoms with Crippen LogP contribution in [0.1, 0.15) is 32.6 Å². The fourth-order valence-corrected chi connectivity index (χ4v) is 3.18. The van der Waals surface area contributed by atoms with Gasteiger partial charge in [0.15, 0.2) is 0 Å². The Morgan fingerprint density at radius 1 is 1.33 bits per heavy atom. The fraction of sp³-hybridized carbons (Fsp3) is 1.00. The van der Waals surface area contributed by atoms with Crippen molar-refractivity contribution in [2.75, 3.05) is 32.7 Å². The van der Waals surface area contributed by atoms with E-state index in [1.807, 2.05) is 0 Å². The van der Waals surface area contributed by atoms with Crippen LogP contribution >= 0.6 is 0 Å². The average Bonchev–Trinajstić information content (AvgIpc) is 2.72. The van der Waals surface area contributed by atoms with Crippen LogP contribution in [0.25, 0.3) is 0 Å². The van der Waals surface area contributed by atoms with E-state index in [0.29, 0.717) is 0 Å². The zero-order valence-corrected chi connectivity index (χ0v) is 9.99. The third-order valence-electron chi connectivity index (χ3n) is 4.11. The molecule has 15 heavy (non-hydrogen) atoms. The summed E-state index contributed by atoms with van der Waals surface area (Å²) in [4.78, 5) is 5.35. The summed E-state index contributed by atoms with van der Waals surface area (Å²) in [7, 11) is 0. The predicted molar refractivity (Wildman–Crippen MR) is 63.9 cm³/mol. The third kappa shape index (κ3) is 2.52. The standard InChI is InChI=1S/C12H25N3/c1-2-11(5-6-13)15-9-8-14-7-3-4-12(14)10-15/h11-12H,2-10,13H2,1H3. The molecule has 2 atom stereocenters. The second kappa shape index (κ2) is 5.28. The molecule has 2 aliphatic rings. The van der Waals surface area contributed by atoms with Crippen molar-refractivity contribution in [1.29, 1.82) is 0 Å². The molecular formula is C12H25N3. The predicted octanol–water partition coefficient (Wildman–Crippen LogP) is 0.894. The molecule has 0 amide bonds. The van der Waals surface area contributed by atoms with Crippen LogP contribution in [0, 0.1) is 0 Å². The molecule has 0 bridgehead atoms. The lowest BCUT2D eigenvalue weighted by Crippen LogP contribution is -2.53. The van der Waals surface area contributed by atoms with E-state index in [-0.39, 0.29) is 0 Å². The quantitative estimate of drug-likeness (QED) is 0.750. The minimum atomic E-state index is 0.734. The Balaban J connectivity index is 1.87. The summed E-state index contributed by atoms with van der Waals surface area (Å²) < 4.78 is 0. The summed E-state index contributed by atoms with van der Waals surface area (Å²) in [6.07, 6.45) is 5.24. The number of fused-ring (bicyclic) bond motifs is 1. The normalized spacial score (nSPS) is 30.4. The highest BCUT2D eigenvalue weighted by Crippen LogP contribution is 2.23. The van der Waals surface area contributed by atoms with Crippen LogP contribution in [-0.4, -0.2) is 54.6 Å². The lowest BCUT2D eigenvalue weighted by molar-refractivity contribution is 0.0675. The van der Waals surface area contributed by atoms with Gasteiger partial charge in [-0.25, -0.2) is 0 Å². The van der Waals surface area contributed by atoms with Crippen LogP contribution in [0.2, 0.25) is 0 Å². The molecule has 2 fully saturated rings. The van der Waals surface area contributed by atoms with Gasteiger partial charge in [0, 0.05) is 31.7 Å². The van der Waals surface area contributed by atoms with Gasteiger partial charge in [0.2, 0.25) is 0 Å². The van der Waals surface area contributed by atoms with Crippen molar-refractivity contribution in [2.24, 2.45) is 5.73 Å². The molecule has 2 heterocycles. The molecule has 2 unspecified atom stereocenters. The largest absolute Gasteiger partial charge is 0.330 e. The van der Waals surface area contributed by atoms with Crippen LogP contribution in [0.5, 0.6) is 0 Å². The minimum Gasteiger partial charge on any atom is -0.330 e. The van der Waals surface area contributed by atoms with Crippen LogP contribution in [-0.2, 0) is 0 Å². The average molecular weight is 211 g/mol. The molecule has 2 rings (SSSR count). The van der Waals surface area contributed by atoms with E-state index in [0.717, 1.165) is 18.6 Å². The van der Waals surface area contributed by atoms with Crippen molar-refractivity contribution in [3.05, 3.63) is 0 Å². The lowest BCUT2D eigenvalue weighted by atomic mass is 10.1. The molecule has 3 heteroatoms. The van der Waals surface area contributed by atoms with Gasteiger partial charge in [0.1, 0.15) is 0 Å². The van der Waals surface area contributed by atoms with Gasteiger partial charge in [0.05, 0.1) is 0 Å². The molecule has 88 valence electrons. The Labute approximate surface area is 93.6 Å². The van der Waals surface area contributed by atoms with Crippen LogP contribution in [0.4, 0.5) is 0 Å². The van der Waals surface area contributed by atoms with Gasteiger partial charge in [0.25, 0.3) is 0 Å². The van der Waals surface area contributed by atoms with E-state index in [1.165, 1.54) is 51.9 Å². The fourth-order valence-electron chi connectivity index (χ4n) is 3.18. The van der Waals surface area contributed by atoms with Crippen molar-refractivity contribution < 1.29 is 0 Å². The SMILES string of the molecule is CCC(CCN)N1CCN2CCCC2C1. The van der Waals surface area contributed by atoms with Crippen molar-refractivity contribution in [1.82, 2.24) is 9.80 Å². The number of piperazine rings is 1. The van der Waals surface area contributed by atoms with E-state index in [4.69, 9.17) is 5.73 Å². The number of hydrogen-bond acceptors (Lipinski definition) is 3. The molecule has 0 spiro atoms. The monoisotopic (exact) mass is 211 g/mol. The van der Waals surface area contributed by atoms with E-state index < -0.39 is 0 Å². The van der Waals surface area contributed by atoms with Crippen LogP contribution in [0.3, 0.4) is 0 Å². The van der Waals surface area contributed by atoms with Gasteiger partial charge in [-0.15, -0.1) is 0 Å². The molecule has 2 saturated heterocycles. The second-order valence-electron chi connectivity index (χ2n) is 4.97. The van der Waals surface area contributed by atoms with E-state index in [2.05, 4.69) is 16.7 Å². The smallest absolute Gasteiger partial charge is 0.0224 e. The number of rotatable bonds is 4. The highest BCUT2D eigenvalue weighted by atomic mass is 15.3.